The highest BCUT2D eigenvalue weighted by Gasteiger charge is 1.88. The normalized spacial score (nSPS) is 17.8. The molecule has 0 bridgehead atoms. The first-order chi connectivity index (χ1) is 3.63. The Morgan fingerprint density at radius 3 is 1.38 bits per heavy atom. The summed E-state index contributed by atoms with van der Waals surface area (Å²) in [4.78, 5) is 16.5. The minimum atomic E-state index is -2.27. The molecule has 0 rings (SSSR count). The molecule has 50 valence electrons. The summed E-state index contributed by atoms with van der Waals surface area (Å²) in [6.07, 6.45) is 0. The summed E-state index contributed by atoms with van der Waals surface area (Å²) in [5.41, 5.74) is 0. The van der Waals surface area contributed by atoms with E-state index >= 15 is 0 Å². The van der Waals surface area contributed by atoms with Crippen LogP contribution in [0.5, 0.6) is 0 Å². The second-order valence-corrected chi connectivity index (χ2v) is 4.19. The van der Waals surface area contributed by atoms with Crippen LogP contribution in [-0.2, 0) is 33.0 Å². The third-order valence-corrected chi connectivity index (χ3v) is 1.21. The van der Waals surface area contributed by atoms with E-state index in [0.29, 0.717) is 0 Å². The van der Waals surface area contributed by atoms with Crippen LogP contribution in [0.1, 0.15) is 0 Å². The Balaban J connectivity index is 3.18. The van der Waals surface area contributed by atoms with Crippen LogP contribution >= 0.6 is 14.3 Å². The molecule has 8 heavy (non-hydrogen) atoms. The zero-order valence-corrected chi connectivity index (χ0v) is 7.16. The van der Waals surface area contributed by atoms with Gasteiger partial charge in [-0.25, -0.2) is 0 Å². The SMILES string of the molecule is O[PH](=S)OO[PH](O)=S. The minimum absolute atomic E-state index is 2.27. The van der Waals surface area contributed by atoms with Gasteiger partial charge in [-0.05, 0) is 23.6 Å². The topological polar surface area (TPSA) is 58.9 Å². The van der Waals surface area contributed by atoms with E-state index in [0.717, 1.165) is 0 Å². The molecule has 0 aromatic heterocycles. The lowest BCUT2D eigenvalue weighted by molar-refractivity contribution is -0.0859. The van der Waals surface area contributed by atoms with Gasteiger partial charge in [0, 0.05) is 0 Å². The number of hydrogen-bond donors (Lipinski definition) is 2. The predicted octanol–water partition coefficient (Wildman–Crippen LogP) is -0.0686. The Bertz CT molecular complexity index is 96.6. The molecule has 4 nitrogen and oxygen atoms in total. The summed E-state index contributed by atoms with van der Waals surface area (Å²) < 4.78 is 7.93. The van der Waals surface area contributed by atoms with Gasteiger partial charge >= 0.3 is 0 Å². The first kappa shape index (κ1) is 9.14. The molecule has 0 aliphatic heterocycles. The highest BCUT2D eigenvalue weighted by Crippen LogP contribution is 2.25. The number of hydrogen-bond acceptors (Lipinski definition) is 4. The van der Waals surface area contributed by atoms with Crippen molar-refractivity contribution in [2.75, 3.05) is 0 Å². The van der Waals surface area contributed by atoms with Gasteiger partial charge in [0.1, 0.15) is 0 Å². The Kier molecular flexibility index (Phi) is 5.68. The molecule has 2 unspecified atom stereocenters. The molecular formula is H4O4P2S2. The van der Waals surface area contributed by atoms with Gasteiger partial charge in [0.15, 0.2) is 0 Å². The molecule has 0 saturated carbocycles. The van der Waals surface area contributed by atoms with E-state index in [2.05, 4.69) is 33.0 Å². The lowest BCUT2D eigenvalue weighted by Gasteiger charge is -1.95. The van der Waals surface area contributed by atoms with Crippen molar-refractivity contribution in [3.63, 3.8) is 0 Å². The average molecular weight is 194 g/mol. The van der Waals surface area contributed by atoms with Crippen molar-refractivity contribution in [1.82, 2.24) is 0 Å². The molecule has 0 aromatic carbocycles. The summed E-state index contributed by atoms with van der Waals surface area (Å²) in [6.45, 7) is 0. The molecule has 0 aliphatic rings. The van der Waals surface area contributed by atoms with E-state index < -0.39 is 14.3 Å². The summed E-state index contributed by atoms with van der Waals surface area (Å²) in [6, 6.07) is 0. The maximum atomic E-state index is 8.23. The third-order valence-electron chi connectivity index (χ3n) is 0.184. The minimum Gasteiger partial charge on any atom is -0.345 e. The van der Waals surface area contributed by atoms with Crippen molar-refractivity contribution in [2.24, 2.45) is 0 Å². The van der Waals surface area contributed by atoms with Crippen molar-refractivity contribution in [1.29, 1.82) is 0 Å². The van der Waals surface area contributed by atoms with Gasteiger partial charge in [-0.15, -0.1) is 0 Å². The van der Waals surface area contributed by atoms with Gasteiger partial charge in [-0.3, -0.25) is 0 Å². The van der Waals surface area contributed by atoms with Crippen molar-refractivity contribution >= 4 is 37.9 Å². The fraction of sp³-hybridized carbons (Fsp3) is 0. The van der Waals surface area contributed by atoms with E-state index in [1.54, 1.807) is 0 Å². The zero-order valence-electron chi connectivity index (χ0n) is 3.53. The smallest absolute Gasteiger partial charge is 0.209 e. The molecule has 0 spiro atoms. The highest BCUT2D eigenvalue weighted by atomic mass is 32.4. The van der Waals surface area contributed by atoms with E-state index in [1.807, 2.05) is 0 Å². The van der Waals surface area contributed by atoms with Gasteiger partial charge in [-0.2, -0.15) is 9.35 Å². The molecular weight excluding hydrogens is 190 g/mol. The van der Waals surface area contributed by atoms with Crippen LogP contribution in [0.15, 0.2) is 0 Å². The van der Waals surface area contributed by atoms with Crippen LogP contribution < -0.4 is 0 Å². The van der Waals surface area contributed by atoms with E-state index in [-0.39, 0.29) is 0 Å². The maximum absolute atomic E-state index is 8.23. The maximum Gasteiger partial charge on any atom is 0.209 e. The molecule has 2 N–H and O–H groups in total. The summed E-state index contributed by atoms with van der Waals surface area (Å²) in [5, 5.41) is 0. The van der Waals surface area contributed by atoms with Crippen LogP contribution in [0.4, 0.5) is 0 Å². The van der Waals surface area contributed by atoms with Crippen molar-refractivity contribution in [3.05, 3.63) is 0 Å². The average Bonchev–Trinajstić information content (AvgIpc) is 1.61. The van der Waals surface area contributed by atoms with Crippen LogP contribution in [0, 0.1) is 0 Å². The molecule has 0 saturated heterocycles. The quantitative estimate of drug-likeness (QED) is 0.372. The van der Waals surface area contributed by atoms with Gasteiger partial charge in [-0.1, -0.05) is 0 Å². The van der Waals surface area contributed by atoms with E-state index in [4.69, 9.17) is 9.79 Å². The van der Waals surface area contributed by atoms with Crippen molar-refractivity contribution in [3.8, 4) is 0 Å². The van der Waals surface area contributed by atoms with Gasteiger partial charge in [0.2, 0.25) is 14.3 Å². The fourth-order valence-electron chi connectivity index (χ4n) is 0.0713. The fourth-order valence-corrected chi connectivity index (χ4v) is 1.25. The largest absolute Gasteiger partial charge is 0.345 e. The first-order valence-corrected chi connectivity index (χ1v) is 6.41. The van der Waals surface area contributed by atoms with Gasteiger partial charge < -0.3 is 9.79 Å². The van der Waals surface area contributed by atoms with Crippen molar-refractivity contribution < 1.29 is 19.1 Å². The highest BCUT2D eigenvalue weighted by molar-refractivity contribution is 8.01. The van der Waals surface area contributed by atoms with Crippen LogP contribution in [0.3, 0.4) is 0 Å². The van der Waals surface area contributed by atoms with E-state index in [9.17, 15) is 0 Å². The summed E-state index contributed by atoms with van der Waals surface area (Å²) >= 11 is 8.33. The van der Waals surface area contributed by atoms with Crippen molar-refractivity contribution in [2.45, 2.75) is 0 Å². The molecule has 0 amide bonds. The zero-order chi connectivity index (χ0) is 6.57. The monoisotopic (exact) mass is 194 g/mol. The molecule has 0 aliphatic carbocycles. The van der Waals surface area contributed by atoms with Crippen LogP contribution in [0.25, 0.3) is 0 Å². The molecule has 0 radical (unpaired) electrons. The second kappa shape index (κ2) is 4.97. The Morgan fingerprint density at radius 2 is 1.25 bits per heavy atom. The summed E-state index contributed by atoms with van der Waals surface area (Å²) in [5.74, 6) is 0. The first-order valence-electron chi connectivity index (χ1n) is 1.43. The molecule has 0 aromatic rings. The lowest BCUT2D eigenvalue weighted by Crippen LogP contribution is -1.71. The molecule has 0 fully saturated rings. The molecule has 0 heterocycles. The summed E-state index contributed by atoms with van der Waals surface area (Å²) in [7, 11) is -4.54. The van der Waals surface area contributed by atoms with Gasteiger partial charge in [0.05, 0.1) is 0 Å². The molecule has 2 atom stereocenters. The predicted molar refractivity (Wildman–Crippen MR) is 38.0 cm³/mol. The van der Waals surface area contributed by atoms with E-state index in [1.165, 1.54) is 0 Å². The Morgan fingerprint density at radius 1 is 1.00 bits per heavy atom. The lowest BCUT2D eigenvalue weighted by atomic mass is 14.9. The third kappa shape index (κ3) is 7.14. The van der Waals surface area contributed by atoms with Crippen LogP contribution in [0.2, 0.25) is 0 Å². The second-order valence-electron chi connectivity index (χ2n) is 0.698. The standard InChI is InChI=1S/H4O4P2S2/c1-5(7)3-4-6(2)8/h5-6H,(H,1,7)(H,2,8). The van der Waals surface area contributed by atoms with Crippen LogP contribution in [-0.4, -0.2) is 9.79 Å². The molecule has 8 heteroatoms. The van der Waals surface area contributed by atoms with Gasteiger partial charge in [0.25, 0.3) is 0 Å². The Labute approximate surface area is 57.5 Å². The number of rotatable bonds is 3. The Hall–Kier alpha value is 1.14.